The molecule has 0 aliphatic carbocycles. The molecule has 0 aromatic heterocycles. The van der Waals surface area contributed by atoms with Gasteiger partial charge in [-0.25, -0.2) is 0 Å². The molecule has 1 aromatic carbocycles. The van der Waals surface area contributed by atoms with E-state index in [1.54, 1.807) is 24.3 Å². The number of imide groups is 1. The van der Waals surface area contributed by atoms with E-state index in [0.717, 1.165) is 0 Å². The average molecular weight is 258 g/mol. The van der Waals surface area contributed by atoms with Gasteiger partial charge in [0.15, 0.2) is 0 Å². The summed E-state index contributed by atoms with van der Waals surface area (Å²) < 4.78 is 0. The zero-order valence-corrected chi connectivity index (χ0v) is 9.83. The van der Waals surface area contributed by atoms with Crippen LogP contribution in [-0.4, -0.2) is 17.7 Å². The van der Waals surface area contributed by atoms with Crippen molar-refractivity contribution in [1.29, 1.82) is 0 Å². The predicted octanol–water partition coefficient (Wildman–Crippen LogP) is 2.46. The Kier molecular flexibility index (Phi) is 3.17. The van der Waals surface area contributed by atoms with Gasteiger partial charge >= 0.3 is 0 Å². The number of hydrogen-bond donors (Lipinski definition) is 0. The molecule has 1 saturated heterocycles. The van der Waals surface area contributed by atoms with E-state index < -0.39 is 5.92 Å². The molecule has 0 spiro atoms. The highest BCUT2D eigenvalue weighted by Gasteiger charge is 2.38. The molecular weight excluding hydrogens is 249 g/mol. The summed E-state index contributed by atoms with van der Waals surface area (Å²) in [5, 5.41) is 0.566. The average Bonchev–Trinajstić information content (AvgIpc) is 2.56. The molecular formula is C11H9Cl2NO2. The lowest BCUT2D eigenvalue weighted by Crippen LogP contribution is -2.30. The number of benzene rings is 1. The Morgan fingerprint density at radius 2 is 1.88 bits per heavy atom. The highest BCUT2D eigenvalue weighted by molar-refractivity contribution is 6.31. The SMILES string of the molecule is O=C1CC(CCl)C(=O)N1c1ccc(Cl)cc1. The molecule has 16 heavy (non-hydrogen) atoms. The van der Waals surface area contributed by atoms with Crippen LogP contribution in [0, 0.1) is 5.92 Å². The van der Waals surface area contributed by atoms with Gasteiger partial charge in [-0.15, -0.1) is 11.6 Å². The van der Waals surface area contributed by atoms with Crippen molar-refractivity contribution in [3.05, 3.63) is 29.3 Å². The summed E-state index contributed by atoms with van der Waals surface area (Å²) in [5.41, 5.74) is 0.548. The predicted molar refractivity (Wildman–Crippen MR) is 62.8 cm³/mol. The van der Waals surface area contributed by atoms with Crippen molar-refractivity contribution < 1.29 is 9.59 Å². The summed E-state index contributed by atoms with van der Waals surface area (Å²) in [4.78, 5) is 24.6. The van der Waals surface area contributed by atoms with E-state index >= 15 is 0 Å². The number of alkyl halides is 1. The highest BCUT2D eigenvalue weighted by atomic mass is 35.5. The van der Waals surface area contributed by atoms with Crippen LogP contribution < -0.4 is 4.90 Å². The van der Waals surface area contributed by atoms with Crippen molar-refractivity contribution in [3.8, 4) is 0 Å². The van der Waals surface area contributed by atoms with Gasteiger partial charge in [0.1, 0.15) is 0 Å². The Labute approximate surface area is 103 Å². The first kappa shape index (κ1) is 11.4. The largest absolute Gasteiger partial charge is 0.274 e. The number of carbonyl (C=O) groups is 2. The molecule has 84 valence electrons. The smallest absolute Gasteiger partial charge is 0.238 e. The van der Waals surface area contributed by atoms with Crippen LogP contribution >= 0.6 is 23.2 Å². The fraction of sp³-hybridized carbons (Fsp3) is 0.273. The lowest BCUT2D eigenvalue weighted by Gasteiger charge is -2.14. The number of nitrogens with zero attached hydrogens (tertiary/aromatic N) is 1. The Hall–Kier alpha value is -1.06. The van der Waals surface area contributed by atoms with Gasteiger partial charge in [0.25, 0.3) is 0 Å². The van der Waals surface area contributed by atoms with E-state index in [1.165, 1.54) is 4.90 Å². The number of carbonyl (C=O) groups excluding carboxylic acids is 2. The van der Waals surface area contributed by atoms with E-state index in [2.05, 4.69) is 0 Å². The lowest BCUT2D eigenvalue weighted by molar-refractivity contribution is -0.122. The maximum absolute atomic E-state index is 11.8. The minimum atomic E-state index is -0.398. The van der Waals surface area contributed by atoms with Crippen LogP contribution in [0.15, 0.2) is 24.3 Å². The number of amides is 2. The lowest BCUT2D eigenvalue weighted by atomic mass is 10.1. The third-order valence-corrected chi connectivity index (χ3v) is 3.14. The van der Waals surface area contributed by atoms with Crippen LogP contribution in [0.2, 0.25) is 5.02 Å². The quantitative estimate of drug-likeness (QED) is 0.603. The van der Waals surface area contributed by atoms with Crippen LogP contribution in [0.4, 0.5) is 5.69 Å². The van der Waals surface area contributed by atoms with E-state index in [-0.39, 0.29) is 24.1 Å². The zero-order chi connectivity index (χ0) is 11.7. The molecule has 0 saturated carbocycles. The minimum Gasteiger partial charge on any atom is -0.274 e. The van der Waals surface area contributed by atoms with Crippen molar-refractivity contribution in [3.63, 3.8) is 0 Å². The Morgan fingerprint density at radius 1 is 1.25 bits per heavy atom. The van der Waals surface area contributed by atoms with Crippen LogP contribution in [0.3, 0.4) is 0 Å². The number of halogens is 2. The molecule has 0 bridgehead atoms. The molecule has 1 aromatic rings. The summed E-state index contributed by atoms with van der Waals surface area (Å²) in [6, 6.07) is 6.58. The first-order chi connectivity index (χ1) is 7.63. The van der Waals surface area contributed by atoms with E-state index in [9.17, 15) is 9.59 Å². The Morgan fingerprint density at radius 3 is 2.38 bits per heavy atom. The molecule has 0 radical (unpaired) electrons. The van der Waals surface area contributed by atoms with Crippen LogP contribution in [0.1, 0.15) is 6.42 Å². The van der Waals surface area contributed by atoms with Gasteiger partial charge in [-0.2, -0.15) is 0 Å². The topological polar surface area (TPSA) is 37.4 Å². The normalized spacial score (nSPS) is 20.6. The van der Waals surface area contributed by atoms with Gasteiger partial charge in [-0.1, -0.05) is 11.6 Å². The molecule has 1 fully saturated rings. The first-order valence-corrected chi connectivity index (χ1v) is 5.73. The molecule has 1 heterocycles. The van der Waals surface area contributed by atoms with E-state index in [4.69, 9.17) is 23.2 Å². The van der Waals surface area contributed by atoms with Gasteiger partial charge < -0.3 is 0 Å². The van der Waals surface area contributed by atoms with E-state index in [0.29, 0.717) is 10.7 Å². The van der Waals surface area contributed by atoms with Gasteiger partial charge in [0.2, 0.25) is 11.8 Å². The van der Waals surface area contributed by atoms with Gasteiger partial charge in [-0.3, -0.25) is 14.5 Å². The van der Waals surface area contributed by atoms with Crippen molar-refractivity contribution in [2.24, 2.45) is 5.92 Å². The van der Waals surface area contributed by atoms with Gasteiger partial charge in [0, 0.05) is 17.3 Å². The molecule has 1 aliphatic heterocycles. The van der Waals surface area contributed by atoms with Gasteiger partial charge in [0.05, 0.1) is 11.6 Å². The molecule has 5 heteroatoms. The second kappa shape index (κ2) is 4.44. The van der Waals surface area contributed by atoms with Crippen molar-refractivity contribution in [2.45, 2.75) is 6.42 Å². The summed E-state index contributed by atoms with van der Waals surface area (Å²) in [5.74, 6) is -0.667. The van der Waals surface area contributed by atoms with Crippen molar-refractivity contribution in [1.82, 2.24) is 0 Å². The minimum absolute atomic E-state index is 0.175. The summed E-state index contributed by atoms with van der Waals surface area (Å²) in [6.07, 6.45) is 0.185. The maximum Gasteiger partial charge on any atom is 0.238 e. The van der Waals surface area contributed by atoms with Crippen LogP contribution in [-0.2, 0) is 9.59 Å². The first-order valence-electron chi connectivity index (χ1n) is 4.82. The standard InChI is InChI=1S/C11H9Cl2NO2/c12-6-7-5-10(15)14(11(7)16)9-3-1-8(13)2-4-9/h1-4,7H,5-6H2. The summed E-state index contributed by atoms with van der Waals surface area (Å²) in [6.45, 7) is 0. The van der Waals surface area contributed by atoms with Gasteiger partial charge in [-0.05, 0) is 24.3 Å². The monoisotopic (exact) mass is 257 g/mol. The Bertz CT molecular complexity index is 430. The van der Waals surface area contributed by atoms with Crippen molar-refractivity contribution >= 4 is 40.7 Å². The third-order valence-electron chi connectivity index (χ3n) is 2.51. The number of hydrogen-bond acceptors (Lipinski definition) is 2. The summed E-state index contributed by atoms with van der Waals surface area (Å²) >= 11 is 11.4. The third kappa shape index (κ3) is 1.93. The molecule has 1 unspecified atom stereocenters. The van der Waals surface area contributed by atoms with Crippen LogP contribution in [0.25, 0.3) is 0 Å². The number of rotatable bonds is 2. The molecule has 3 nitrogen and oxygen atoms in total. The molecule has 0 N–H and O–H groups in total. The molecule has 2 rings (SSSR count). The molecule has 2 amide bonds. The maximum atomic E-state index is 11.8. The molecule has 1 atom stereocenters. The second-order valence-electron chi connectivity index (χ2n) is 3.60. The fourth-order valence-corrected chi connectivity index (χ4v) is 2.04. The summed E-state index contributed by atoms with van der Waals surface area (Å²) in [7, 11) is 0. The van der Waals surface area contributed by atoms with Crippen LogP contribution in [0.5, 0.6) is 0 Å². The Balaban J connectivity index is 2.31. The number of anilines is 1. The van der Waals surface area contributed by atoms with Crippen molar-refractivity contribution in [2.75, 3.05) is 10.8 Å². The highest BCUT2D eigenvalue weighted by Crippen LogP contribution is 2.27. The molecule has 1 aliphatic rings. The second-order valence-corrected chi connectivity index (χ2v) is 4.34. The zero-order valence-electron chi connectivity index (χ0n) is 8.32. The van der Waals surface area contributed by atoms with E-state index in [1.807, 2.05) is 0 Å². The fourth-order valence-electron chi connectivity index (χ4n) is 1.68.